The standard InChI is InChI=1S/C16H19ClN2O3S2/c1-12-2-3-16(23-12)24(20,21)19-8-5-13(6-9-19)11-22-15-4-7-18-10-14(15)17/h2-4,7,10,13H,5-6,8-9,11H2,1H3. The first-order valence-electron chi connectivity index (χ1n) is 7.76. The third-order valence-corrected chi connectivity index (χ3v) is 7.74. The van der Waals surface area contributed by atoms with Gasteiger partial charge in [0.05, 0.1) is 6.61 Å². The van der Waals surface area contributed by atoms with E-state index in [-0.39, 0.29) is 0 Å². The molecule has 0 unspecified atom stereocenters. The third kappa shape index (κ3) is 3.91. The molecule has 0 atom stereocenters. The molecule has 0 aliphatic carbocycles. The van der Waals surface area contributed by atoms with Crippen molar-refractivity contribution < 1.29 is 13.2 Å². The number of nitrogens with zero attached hydrogens (tertiary/aromatic N) is 2. The van der Waals surface area contributed by atoms with Gasteiger partial charge in [0.2, 0.25) is 0 Å². The summed E-state index contributed by atoms with van der Waals surface area (Å²) < 4.78 is 33.0. The predicted octanol–water partition coefficient (Wildman–Crippen LogP) is 3.58. The van der Waals surface area contributed by atoms with E-state index in [1.807, 2.05) is 13.0 Å². The molecule has 1 saturated heterocycles. The van der Waals surface area contributed by atoms with Gasteiger partial charge in [-0.2, -0.15) is 4.31 Å². The number of hydrogen-bond donors (Lipinski definition) is 0. The molecule has 2 aromatic heterocycles. The summed E-state index contributed by atoms with van der Waals surface area (Å²) in [5.74, 6) is 0.946. The molecule has 0 bridgehead atoms. The highest BCUT2D eigenvalue weighted by Crippen LogP contribution is 2.29. The monoisotopic (exact) mass is 386 g/mol. The fourth-order valence-corrected chi connectivity index (χ4v) is 5.76. The quantitative estimate of drug-likeness (QED) is 0.787. The van der Waals surface area contributed by atoms with Crippen LogP contribution in [0.3, 0.4) is 0 Å². The van der Waals surface area contributed by atoms with Crippen LogP contribution < -0.4 is 4.74 Å². The number of aryl methyl sites for hydroxylation is 1. The first kappa shape index (κ1) is 17.7. The van der Waals surface area contributed by atoms with E-state index < -0.39 is 10.0 Å². The van der Waals surface area contributed by atoms with Gasteiger partial charge in [0, 0.05) is 36.4 Å². The van der Waals surface area contributed by atoms with Crippen LogP contribution in [0.5, 0.6) is 5.75 Å². The fourth-order valence-electron chi connectivity index (χ4n) is 2.68. The van der Waals surface area contributed by atoms with E-state index in [4.69, 9.17) is 16.3 Å². The molecule has 0 amide bonds. The van der Waals surface area contributed by atoms with E-state index in [0.717, 1.165) is 17.7 Å². The summed E-state index contributed by atoms with van der Waals surface area (Å²) in [5.41, 5.74) is 0. The maximum absolute atomic E-state index is 12.6. The molecular formula is C16H19ClN2O3S2. The minimum atomic E-state index is -3.36. The lowest BCUT2D eigenvalue weighted by molar-refractivity contribution is 0.185. The Labute approximate surface area is 151 Å². The molecular weight excluding hydrogens is 368 g/mol. The van der Waals surface area contributed by atoms with Crippen molar-refractivity contribution in [3.63, 3.8) is 0 Å². The average Bonchev–Trinajstić information content (AvgIpc) is 3.02. The van der Waals surface area contributed by atoms with E-state index in [0.29, 0.717) is 40.6 Å². The summed E-state index contributed by atoms with van der Waals surface area (Å²) in [4.78, 5) is 4.93. The zero-order chi connectivity index (χ0) is 17.2. The Bertz CT molecular complexity index is 799. The number of piperidine rings is 1. The highest BCUT2D eigenvalue weighted by Gasteiger charge is 2.30. The molecule has 130 valence electrons. The Morgan fingerprint density at radius 1 is 1.33 bits per heavy atom. The van der Waals surface area contributed by atoms with Gasteiger partial charge in [0.25, 0.3) is 10.0 Å². The average molecular weight is 387 g/mol. The van der Waals surface area contributed by atoms with Gasteiger partial charge in [0.15, 0.2) is 0 Å². The summed E-state index contributed by atoms with van der Waals surface area (Å²) in [6.07, 6.45) is 4.76. The zero-order valence-electron chi connectivity index (χ0n) is 13.3. The second kappa shape index (κ2) is 7.39. The van der Waals surface area contributed by atoms with Crippen LogP contribution in [0.2, 0.25) is 5.02 Å². The normalized spacial score (nSPS) is 17.1. The van der Waals surface area contributed by atoms with Crippen LogP contribution in [0, 0.1) is 12.8 Å². The van der Waals surface area contributed by atoms with Crippen molar-refractivity contribution in [3.8, 4) is 5.75 Å². The molecule has 3 heterocycles. The van der Waals surface area contributed by atoms with E-state index in [1.54, 1.807) is 28.8 Å². The lowest BCUT2D eigenvalue weighted by Gasteiger charge is -2.30. The first-order valence-corrected chi connectivity index (χ1v) is 10.4. The van der Waals surface area contributed by atoms with Crippen molar-refractivity contribution in [2.24, 2.45) is 5.92 Å². The molecule has 0 radical (unpaired) electrons. The smallest absolute Gasteiger partial charge is 0.252 e. The number of ether oxygens (including phenoxy) is 1. The third-order valence-electron chi connectivity index (χ3n) is 4.09. The Balaban J connectivity index is 1.55. The lowest BCUT2D eigenvalue weighted by atomic mass is 9.99. The molecule has 0 saturated carbocycles. The van der Waals surface area contributed by atoms with Crippen molar-refractivity contribution in [2.75, 3.05) is 19.7 Å². The molecule has 0 N–H and O–H groups in total. The van der Waals surface area contributed by atoms with Gasteiger partial charge in [-0.15, -0.1) is 11.3 Å². The van der Waals surface area contributed by atoms with Gasteiger partial charge in [-0.3, -0.25) is 4.98 Å². The highest BCUT2D eigenvalue weighted by molar-refractivity contribution is 7.91. The van der Waals surface area contributed by atoms with Gasteiger partial charge in [-0.05, 0) is 37.8 Å². The lowest BCUT2D eigenvalue weighted by Crippen LogP contribution is -2.39. The van der Waals surface area contributed by atoms with Crippen LogP contribution in [0.4, 0.5) is 0 Å². The minimum Gasteiger partial charge on any atom is -0.492 e. The maximum Gasteiger partial charge on any atom is 0.252 e. The number of sulfonamides is 1. The fraction of sp³-hybridized carbons (Fsp3) is 0.438. The molecule has 1 aliphatic heterocycles. The summed E-state index contributed by atoms with van der Waals surface area (Å²) in [5, 5.41) is 0.491. The molecule has 1 aliphatic rings. The number of halogens is 1. The maximum atomic E-state index is 12.6. The van der Waals surface area contributed by atoms with Crippen molar-refractivity contribution in [2.45, 2.75) is 24.0 Å². The van der Waals surface area contributed by atoms with Gasteiger partial charge >= 0.3 is 0 Å². The van der Waals surface area contributed by atoms with Gasteiger partial charge < -0.3 is 4.74 Å². The van der Waals surface area contributed by atoms with Crippen LogP contribution in [-0.2, 0) is 10.0 Å². The molecule has 3 rings (SSSR count). The van der Waals surface area contributed by atoms with Gasteiger partial charge in [-0.1, -0.05) is 11.6 Å². The molecule has 0 spiro atoms. The Kier molecular flexibility index (Phi) is 5.44. The van der Waals surface area contributed by atoms with Crippen molar-refractivity contribution in [3.05, 3.63) is 40.5 Å². The van der Waals surface area contributed by atoms with Crippen LogP contribution in [0.25, 0.3) is 0 Å². The van der Waals surface area contributed by atoms with Crippen molar-refractivity contribution in [1.29, 1.82) is 0 Å². The number of hydrogen-bond acceptors (Lipinski definition) is 5. The van der Waals surface area contributed by atoms with Crippen LogP contribution >= 0.6 is 22.9 Å². The van der Waals surface area contributed by atoms with Crippen LogP contribution in [0.15, 0.2) is 34.8 Å². The van der Waals surface area contributed by atoms with Gasteiger partial charge in [0.1, 0.15) is 15.0 Å². The highest BCUT2D eigenvalue weighted by atomic mass is 35.5. The molecule has 2 aromatic rings. The summed E-state index contributed by atoms with van der Waals surface area (Å²) in [6.45, 7) is 3.50. The number of rotatable bonds is 5. The number of aromatic nitrogens is 1. The molecule has 24 heavy (non-hydrogen) atoms. The minimum absolute atomic E-state index is 0.325. The topological polar surface area (TPSA) is 59.5 Å². The molecule has 5 nitrogen and oxygen atoms in total. The van der Waals surface area contributed by atoms with E-state index in [9.17, 15) is 8.42 Å². The molecule has 8 heteroatoms. The van der Waals surface area contributed by atoms with E-state index >= 15 is 0 Å². The summed E-state index contributed by atoms with van der Waals surface area (Å²) in [7, 11) is -3.36. The Hall–Kier alpha value is -1.15. The predicted molar refractivity (Wildman–Crippen MR) is 95.3 cm³/mol. The Morgan fingerprint density at radius 2 is 2.08 bits per heavy atom. The SMILES string of the molecule is Cc1ccc(S(=O)(=O)N2CCC(COc3ccncc3Cl)CC2)s1. The van der Waals surface area contributed by atoms with Crippen LogP contribution in [-0.4, -0.2) is 37.4 Å². The van der Waals surface area contributed by atoms with Crippen molar-refractivity contribution in [1.82, 2.24) is 9.29 Å². The number of thiophene rings is 1. The van der Waals surface area contributed by atoms with E-state index in [2.05, 4.69) is 4.98 Å². The van der Waals surface area contributed by atoms with Gasteiger partial charge in [-0.25, -0.2) is 8.42 Å². The van der Waals surface area contributed by atoms with Crippen molar-refractivity contribution >= 4 is 33.0 Å². The second-order valence-corrected chi connectivity index (χ2v) is 9.69. The van der Waals surface area contributed by atoms with Crippen LogP contribution in [0.1, 0.15) is 17.7 Å². The largest absolute Gasteiger partial charge is 0.492 e. The second-order valence-electron chi connectivity index (χ2n) is 5.83. The summed E-state index contributed by atoms with van der Waals surface area (Å²) in [6, 6.07) is 5.27. The summed E-state index contributed by atoms with van der Waals surface area (Å²) >= 11 is 7.34. The van der Waals surface area contributed by atoms with E-state index in [1.165, 1.54) is 11.3 Å². The first-order chi connectivity index (χ1) is 11.5. The molecule has 0 aromatic carbocycles. The molecule has 1 fully saturated rings. The Morgan fingerprint density at radius 3 is 2.71 bits per heavy atom. The number of pyridine rings is 1. The zero-order valence-corrected chi connectivity index (χ0v) is 15.7.